The second-order valence-electron chi connectivity index (χ2n) is 6.64. The molecule has 156 valence electrons. The lowest BCUT2D eigenvalue weighted by molar-refractivity contribution is -0.120. The van der Waals surface area contributed by atoms with Crippen LogP contribution < -0.4 is 5.43 Å². The average molecular weight is 481 g/mol. The van der Waals surface area contributed by atoms with Gasteiger partial charge >= 0.3 is 0 Å². The zero-order valence-electron chi connectivity index (χ0n) is 16.5. The van der Waals surface area contributed by atoms with E-state index in [2.05, 4.69) is 10.5 Å². The molecule has 0 aliphatic heterocycles. The SMILES string of the molecule is Cc1cc(/C=N\NC(=O)CCSc2ccc(Cl)cc2)c(C)n1-c1cc(Cl)cc(Cl)c1. The number of aryl methyl sites for hydroxylation is 1. The fourth-order valence-electron chi connectivity index (χ4n) is 3.01. The molecular formula is C22H20Cl3N3OS. The van der Waals surface area contributed by atoms with Gasteiger partial charge < -0.3 is 4.57 Å². The molecule has 0 unspecified atom stereocenters. The topological polar surface area (TPSA) is 46.4 Å². The van der Waals surface area contributed by atoms with E-state index in [0.29, 0.717) is 27.2 Å². The standard InChI is InChI=1S/C22H20Cl3N3OS/c1-14-9-16(15(2)28(14)20-11-18(24)10-19(25)12-20)13-26-27-22(29)7-8-30-21-5-3-17(23)4-6-21/h3-6,9-13H,7-8H2,1-2H3,(H,27,29)/b26-13-. The average Bonchev–Trinajstić information content (AvgIpc) is 2.96. The van der Waals surface area contributed by atoms with Gasteiger partial charge in [0.15, 0.2) is 0 Å². The molecule has 1 amide bonds. The summed E-state index contributed by atoms with van der Waals surface area (Å²) in [4.78, 5) is 13.1. The van der Waals surface area contributed by atoms with Crippen molar-refractivity contribution in [3.8, 4) is 5.69 Å². The van der Waals surface area contributed by atoms with Gasteiger partial charge in [-0.25, -0.2) is 5.43 Å². The number of benzene rings is 2. The molecule has 0 fully saturated rings. The van der Waals surface area contributed by atoms with Crippen LogP contribution in [-0.2, 0) is 4.79 Å². The summed E-state index contributed by atoms with van der Waals surface area (Å²) in [6, 6.07) is 14.9. The lowest BCUT2D eigenvalue weighted by Gasteiger charge is -2.10. The van der Waals surface area contributed by atoms with E-state index in [0.717, 1.165) is 27.5 Å². The van der Waals surface area contributed by atoms with Gasteiger partial charge in [-0.1, -0.05) is 34.8 Å². The number of carbonyl (C=O) groups is 1. The Morgan fingerprint density at radius 3 is 2.37 bits per heavy atom. The van der Waals surface area contributed by atoms with Crippen LogP contribution in [0.4, 0.5) is 0 Å². The fourth-order valence-corrected chi connectivity index (χ4v) is 4.50. The van der Waals surface area contributed by atoms with Crippen molar-refractivity contribution in [1.29, 1.82) is 0 Å². The molecular weight excluding hydrogens is 461 g/mol. The first-order valence-corrected chi connectivity index (χ1v) is 11.3. The number of hydrazone groups is 1. The molecule has 0 radical (unpaired) electrons. The third-order valence-corrected chi connectivity index (χ3v) is 6.08. The predicted molar refractivity (Wildman–Crippen MR) is 128 cm³/mol. The number of thioether (sulfide) groups is 1. The number of nitrogens with zero attached hydrogens (tertiary/aromatic N) is 2. The number of nitrogens with one attached hydrogen (secondary N) is 1. The van der Waals surface area contributed by atoms with Gasteiger partial charge in [0.25, 0.3) is 0 Å². The van der Waals surface area contributed by atoms with Crippen LogP contribution in [0, 0.1) is 13.8 Å². The Balaban J connectivity index is 1.58. The summed E-state index contributed by atoms with van der Waals surface area (Å²) in [7, 11) is 0. The van der Waals surface area contributed by atoms with Crippen LogP contribution in [0.25, 0.3) is 5.69 Å². The van der Waals surface area contributed by atoms with Crippen molar-refractivity contribution in [3.05, 3.63) is 80.6 Å². The lowest BCUT2D eigenvalue weighted by Crippen LogP contribution is -2.17. The van der Waals surface area contributed by atoms with Gasteiger partial charge in [0.05, 0.1) is 6.21 Å². The van der Waals surface area contributed by atoms with Crippen LogP contribution >= 0.6 is 46.6 Å². The summed E-state index contributed by atoms with van der Waals surface area (Å²) in [5, 5.41) is 5.95. The summed E-state index contributed by atoms with van der Waals surface area (Å²) in [5.41, 5.74) is 6.35. The Morgan fingerprint density at radius 2 is 1.70 bits per heavy atom. The van der Waals surface area contributed by atoms with E-state index in [4.69, 9.17) is 34.8 Å². The second kappa shape index (κ2) is 10.4. The summed E-state index contributed by atoms with van der Waals surface area (Å²) in [6.07, 6.45) is 2.01. The van der Waals surface area contributed by atoms with Crippen LogP contribution in [-0.4, -0.2) is 22.4 Å². The van der Waals surface area contributed by atoms with E-state index in [1.165, 1.54) is 0 Å². The fraction of sp³-hybridized carbons (Fsp3) is 0.182. The van der Waals surface area contributed by atoms with Crippen LogP contribution in [0.2, 0.25) is 15.1 Å². The summed E-state index contributed by atoms with van der Waals surface area (Å²) >= 11 is 19.7. The number of rotatable bonds is 7. The molecule has 0 saturated carbocycles. The number of aromatic nitrogens is 1. The number of hydrogen-bond acceptors (Lipinski definition) is 3. The third kappa shape index (κ3) is 6.05. The third-order valence-electron chi connectivity index (χ3n) is 4.38. The van der Waals surface area contributed by atoms with E-state index < -0.39 is 0 Å². The second-order valence-corrected chi connectivity index (χ2v) is 9.11. The first-order valence-electron chi connectivity index (χ1n) is 9.19. The number of halogens is 3. The van der Waals surface area contributed by atoms with E-state index in [9.17, 15) is 4.79 Å². The molecule has 0 aliphatic rings. The van der Waals surface area contributed by atoms with Crippen molar-refractivity contribution in [3.63, 3.8) is 0 Å². The van der Waals surface area contributed by atoms with Crippen molar-refractivity contribution in [2.75, 3.05) is 5.75 Å². The van der Waals surface area contributed by atoms with Gasteiger partial charge in [-0.15, -0.1) is 11.8 Å². The molecule has 4 nitrogen and oxygen atoms in total. The number of carbonyl (C=O) groups excluding carboxylic acids is 1. The van der Waals surface area contributed by atoms with Crippen molar-refractivity contribution in [1.82, 2.24) is 9.99 Å². The minimum atomic E-state index is -0.136. The van der Waals surface area contributed by atoms with E-state index >= 15 is 0 Å². The highest BCUT2D eigenvalue weighted by Gasteiger charge is 2.11. The quantitative estimate of drug-likeness (QED) is 0.233. The normalized spacial score (nSPS) is 11.2. The molecule has 0 bridgehead atoms. The highest BCUT2D eigenvalue weighted by Crippen LogP contribution is 2.26. The van der Waals surface area contributed by atoms with E-state index in [-0.39, 0.29) is 5.91 Å². The van der Waals surface area contributed by atoms with Gasteiger partial charge in [-0.05, 0) is 62.4 Å². The monoisotopic (exact) mass is 479 g/mol. The molecule has 3 rings (SSSR count). The first-order chi connectivity index (χ1) is 14.3. The van der Waals surface area contributed by atoms with E-state index in [1.54, 1.807) is 24.0 Å². The first kappa shape index (κ1) is 22.8. The molecule has 8 heteroatoms. The summed E-state index contributed by atoms with van der Waals surface area (Å²) in [6.45, 7) is 3.97. The smallest absolute Gasteiger partial charge is 0.240 e. The summed E-state index contributed by atoms with van der Waals surface area (Å²) in [5.74, 6) is 0.524. The van der Waals surface area contributed by atoms with Gasteiger partial charge in [-0.2, -0.15) is 5.10 Å². The van der Waals surface area contributed by atoms with Gasteiger partial charge in [0.1, 0.15) is 0 Å². The molecule has 2 aromatic carbocycles. The molecule has 0 spiro atoms. The van der Waals surface area contributed by atoms with Gasteiger partial charge in [0, 0.05) is 54.8 Å². The van der Waals surface area contributed by atoms with Crippen molar-refractivity contribution in [2.24, 2.45) is 5.10 Å². The van der Waals surface area contributed by atoms with Crippen LogP contribution in [0.15, 0.2) is 58.5 Å². The van der Waals surface area contributed by atoms with E-state index in [1.807, 2.05) is 60.9 Å². The molecule has 0 saturated heterocycles. The molecule has 0 atom stereocenters. The molecule has 1 heterocycles. The maximum atomic E-state index is 12.0. The Kier molecular flexibility index (Phi) is 7.89. The Morgan fingerprint density at radius 1 is 1.03 bits per heavy atom. The Hall–Kier alpha value is -1.92. The van der Waals surface area contributed by atoms with Gasteiger partial charge in [-0.3, -0.25) is 4.79 Å². The molecule has 30 heavy (non-hydrogen) atoms. The van der Waals surface area contributed by atoms with Crippen molar-refractivity contribution >= 4 is 58.7 Å². The zero-order valence-corrected chi connectivity index (χ0v) is 19.5. The zero-order chi connectivity index (χ0) is 21.7. The van der Waals surface area contributed by atoms with Crippen LogP contribution in [0.1, 0.15) is 23.4 Å². The number of amides is 1. The maximum Gasteiger partial charge on any atom is 0.240 e. The molecule has 1 N–H and O–H groups in total. The Bertz CT molecular complexity index is 1060. The molecule has 3 aromatic rings. The minimum Gasteiger partial charge on any atom is -0.318 e. The maximum absolute atomic E-state index is 12.0. The van der Waals surface area contributed by atoms with Crippen molar-refractivity contribution in [2.45, 2.75) is 25.2 Å². The molecule has 0 aliphatic carbocycles. The van der Waals surface area contributed by atoms with Crippen LogP contribution in [0.5, 0.6) is 0 Å². The number of hydrogen-bond donors (Lipinski definition) is 1. The largest absolute Gasteiger partial charge is 0.318 e. The highest BCUT2D eigenvalue weighted by atomic mass is 35.5. The van der Waals surface area contributed by atoms with Gasteiger partial charge in [0.2, 0.25) is 5.91 Å². The predicted octanol–water partition coefficient (Wildman–Crippen LogP) is 6.69. The lowest BCUT2D eigenvalue weighted by atomic mass is 10.2. The summed E-state index contributed by atoms with van der Waals surface area (Å²) < 4.78 is 2.05. The van der Waals surface area contributed by atoms with Crippen molar-refractivity contribution < 1.29 is 4.79 Å². The Labute approximate surface area is 195 Å². The molecule has 1 aromatic heterocycles. The van der Waals surface area contributed by atoms with Crippen LogP contribution in [0.3, 0.4) is 0 Å². The minimum absolute atomic E-state index is 0.136. The highest BCUT2D eigenvalue weighted by molar-refractivity contribution is 7.99.